The maximum Gasteiger partial charge on any atom is 0.323 e. The molecule has 1 aliphatic heterocycles. The van der Waals surface area contributed by atoms with Crippen molar-refractivity contribution in [1.29, 1.82) is 0 Å². The van der Waals surface area contributed by atoms with Gasteiger partial charge in [-0.15, -0.1) is 0 Å². The fourth-order valence-electron chi connectivity index (χ4n) is 5.13. The van der Waals surface area contributed by atoms with Crippen LogP contribution in [0.4, 0.5) is 0 Å². The number of benzene rings is 1. The zero-order valence-electron chi connectivity index (χ0n) is 23.0. The average Bonchev–Trinajstić information content (AvgIpc) is 3.28. The third-order valence-electron chi connectivity index (χ3n) is 6.69. The maximum absolute atomic E-state index is 12.7. The standard InChI is InChI=1S/C27H32O13/c1-13(28)36-12-20-22(37-14(2)29)24(39-16(4)31)23(38-15(3)30)21(40-20)17-7-8-18-10-27(25(32)34-5,26(33)35-6)11-19(18)9-17/h7-9,20-24H,10-12H2,1-6H3/t20-,21?,22-,23+,24+/m1/s1. The second kappa shape index (κ2) is 12.5. The molecule has 1 fully saturated rings. The van der Waals surface area contributed by atoms with E-state index < -0.39 is 71.8 Å². The summed E-state index contributed by atoms with van der Waals surface area (Å²) in [7, 11) is 2.36. The van der Waals surface area contributed by atoms with Crippen LogP contribution in [0.1, 0.15) is 50.5 Å². The average molecular weight is 565 g/mol. The van der Waals surface area contributed by atoms with E-state index in [-0.39, 0.29) is 19.4 Å². The molecule has 13 nitrogen and oxygen atoms in total. The summed E-state index contributed by atoms with van der Waals surface area (Å²) < 4.78 is 37.6. The van der Waals surface area contributed by atoms with Gasteiger partial charge in [-0.25, -0.2) is 0 Å². The van der Waals surface area contributed by atoms with E-state index in [1.54, 1.807) is 18.2 Å². The van der Waals surface area contributed by atoms with E-state index in [2.05, 4.69) is 0 Å². The zero-order valence-corrected chi connectivity index (χ0v) is 23.0. The lowest BCUT2D eigenvalue weighted by atomic mass is 9.85. The number of esters is 6. The number of rotatable bonds is 8. The molecular formula is C27H32O13. The highest BCUT2D eigenvalue weighted by molar-refractivity contribution is 6.01. The van der Waals surface area contributed by atoms with Crippen LogP contribution in [0.2, 0.25) is 0 Å². The van der Waals surface area contributed by atoms with Gasteiger partial charge in [0.05, 0.1) is 14.2 Å². The van der Waals surface area contributed by atoms with Crippen LogP contribution < -0.4 is 0 Å². The lowest BCUT2D eigenvalue weighted by molar-refractivity contribution is -0.254. The lowest BCUT2D eigenvalue weighted by Gasteiger charge is -2.44. The van der Waals surface area contributed by atoms with Crippen LogP contribution in [-0.4, -0.2) is 81.1 Å². The zero-order chi connectivity index (χ0) is 29.8. The minimum atomic E-state index is -1.58. The van der Waals surface area contributed by atoms with Crippen molar-refractivity contribution in [2.24, 2.45) is 5.41 Å². The second-order valence-electron chi connectivity index (χ2n) is 9.57. The predicted octanol–water partition coefficient (Wildman–Crippen LogP) is 0.916. The van der Waals surface area contributed by atoms with E-state index in [1.165, 1.54) is 21.1 Å². The van der Waals surface area contributed by atoms with E-state index in [1.807, 2.05) is 0 Å². The van der Waals surface area contributed by atoms with Crippen molar-refractivity contribution >= 4 is 35.8 Å². The van der Waals surface area contributed by atoms with Gasteiger partial charge < -0.3 is 33.2 Å². The van der Waals surface area contributed by atoms with Gasteiger partial charge in [-0.05, 0) is 29.5 Å². The Kier molecular flexibility index (Phi) is 9.51. The maximum atomic E-state index is 12.7. The molecule has 5 atom stereocenters. The van der Waals surface area contributed by atoms with E-state index in [0.29, 0.717) is 16.7 Å². The Morgan fingerprint density at radius 3 is 1.80 bits per heavy atom. The highest BCUT2D eigenvalue weighted by Crippen LogP contribution is 2.43. The Bertz CT molecular complexity index is 1170. The van der Waals surface area contributed by atoms with Gasteiger partial charge in [0, 0.05) is 27.7 Å². The van der Waals surface area contributed by atoms with Gasteiger partial charge in [0.2, 0.25) is 0 Å². The highest BCUT2D eigenvalue weighted by atomic mass is 16.7. The third kappa shape index (κ3) is 6.41. The molecule has 3 rings (SSSR count). The number of fused-ring (bicyclic) bond motifs is 1. The number of hydrogen-bond donors (Lipinski definition) is 0. The molecule has 218 valence electrons. The molecule has 0 saturated carbocycles. The van der Waals surface area contributed by atoms with Crippen molar-refractivity contribution in [3.8, 4) is 0 Å². The first-order chi connectivity index (χ1) is 18.8. The fraction of sp³-hybridized carbons (Fsp3) is 0.556. The second-order valence-corrected chi connectivity index (χ2v) is 9.57. The van der Waals surface area contributed by atoms with Crippen molar-refractivity contribution < 1.29 is 61.9 Å². The summed E-state index contributed by atoms with van der Waals surface area (Å²) in [4.78, 5) is 73.1. The van der Waals surface area contributed by atoms with Gasteiger partial charge in [-0.2, -0.15) is 0 Å². The molecule has 1 aromatic carbocycles. The van der Waals surface area contributed by atoms with Crippen LogP contribution in [0.25, 0.3) is 0 Å². The number of carbonyl (C=O) groups is 6. The summed E-state index contributed by atoms with van der Waals surface area (Å²) in [5.74, 6) is -4.34. The van der Waals surface area contributed by atoms with Gasteiger partial charge in [-0.1, -0.05) is 18.2 Å². The Hall–Kier alpha value is -4.00. The molecule has 1 saturated heterocycles. The third-order valence-corrected chi connectivity index (χ3v) is 6.69. The molecule has 40 heavy (non-hydrogen) atoms. The first-order valence-corrected chi connectivity index (χ1v) is 12.4. The summed E-state index contributed by atoms with van der Waals surface area (Å²) in [5.41, 5.74) is 0.152. The molecule has 0 bridgehead atoms. The summed E-state index contributed by atoms with van der Waals surface area (Å²) in [5, 5.41) is 0. The van der Waals surface area contributed by atoms with Gasteiger partial charge in [0.1, 0.15) is 18.8 Å². The van der Waals surface area contributed by atoms with Crippen LogP contribution in [-0.2, 0) is 74.8 Å². The molecule has 13 heteroatoms. The number of ether oxygens (including phenoxy) is 7. The molecule has 0 amide bonds. The largest absolute Gasteiger partial charge is 0.468 e. The van der Waals surface area contributed by atoms with E-state index in [9.17, 15) is 28.8 Å². The highest BCUT2D eigenvalue weighted by Gasteiger charge is 2.55. The SMILES string of the molecule is COC(=O)C1(C(=O)OC)Cc2ccc(C3O[C@H](COC(C)=O)[C@@H](OC(C)=O)[C@H](OC(C)=O)[C@H]3OC(C)=O)cc2C1. The molecule has 1 unspecified atom stereocenters. The van der Waals surface area contributed by atoms with Crippen molar-refractivity contribution in [1.82, 2.24) is 0 Å². The number of hydrogen-bond acceptors (Lipinski definition) is 13. The van der Waals surface area contributed by atoms with Gasteiger partial charge in [0.15, 0.2) is 23.7 Å². The monoisotopic (exact) mass is 564 g/mol. The van der Waals surface area contributed by atoms with Gasteiger partial charge in [-0.3, -0.25) is 28.8 Å². The van der Waals surface area contributed by atoms with Crippen molar-refractivity contribution in [2.45, 2.75) is 71.1 Å². The van der Waals surface area contributed by atoms with Gasteiger partial charge in [0.25, 0.3) is 0 Å². The molecule has 0 spiro atoms. The van der Waals surface area contributed by atoms with E-state index in [0.717, 1.165) is 20.8 Å². The minimum Gasteiger partial charge on any atom is -0.468 e. The first kappa shape index (κ1) is 30.5. The van der Waals surface area contributed by atoms with Crippen molar-refractivity contribution in [3.05, 3.63) is 34.9 Å². The Labute approximate surface area is 230 Å². The Morgan fingerprint density at radius 1 is 0.750 bits per heavy atom. The van der Waals surface area contributed by atoms with Crippen molar-refractivity contribution in [3.63, 3.8) is 0 Å². The van der Waals surface area contributed by atoms with Gasteiger partial charge >= 0.3 is 35.8 Å². The first-order valence-electron chi connectivity index (χ1n) is 12.4. The lowest BCUT2D eigenvalue weighted by Crippen LogP contribution is -2.59. The van der Waals surface area contributed by atoms with Crippen LogP contribution >= 0.6 is 0 Å². The Morgan fingerprint density at radius 2 is 1.27 bits per heavy atom. The minimum absolute atomic E-state index is 0.0270. The normalized spacial score (nSPS) is 24.6. The Balaban J connectivity index is 2.09. The fourth-order valence-corrected chi connectivity index (χ4v) is 5.13. The summed E-state index contributed by atoms with van der Waals surface area (Å²) in [6.45, 7) is 4.23. The van der Waals surface area contributed by atoms with Crippen LogP contribution in [0.3, 0.4) is 0 Å². The van der Waals surface area contributed by atoms with E-state index in [4.69, 9.17) is 33.2 Å². The molecule has 1 aliphatic carbocycles. The molecule has 0 N–H and O–H groups in total. The molecular weight excluding hydrogens is 532 g/mol. The molecule has 2 aliphatic rings. The van der Waals surface area contributed by atoms with Crippen LogP contribution in [0, 0.1) is 5.41 Å². The van der Waals surface area contributed by atoms with Crippen LogP contribution in [0.5, 0.6) is 0 Å². The molecule has 1 aromatic rings. The molecule has 0 radical (unpaired) electrons. The smallest absolute Gasteiger partial charge is 0.323 e. The summed E-state index contributed by atoms with van der Waals surface area (Å²) in [6, 6.07) is 5.00. The predicted molar refractivity (Wildman–Crippen MR) is 131 cm³/mol. The van der Waals surface area contributed by atoms with Crippen LogP contribution in [0.15, 0.2) is 18.2 Å². The van der Waals surface area contributed by atoms with Crippen molar-refractivity contribution in [2.75, 3.05) is 20.8 Å². The van der Waals surface area contributed by atoms with E-state index >= 15 is 0 Å². The molecule has 0 aromatic heterocycles. The quantitative estimate of drug-likeness (QED) is 0.249. The number of methoxy groups -OCH3 is 2. The molecule has 1 heterocycles. The topological polar surface area (TPSA) is 167 Å². The summed E-state index contributed by atoms with van der Waals surface area (Å²) >= 11 is 0. The summed E-state index contributed by atoms with van der Waals surface area (Å²) in [6.07, 6.45) is -6.11. The number of carbonyl (C=O) groups excluding carboxylic acids is 6.